The summed E-state index contributed by atoms with van der Waals surface area (Å²) >= 11 is 4.21. The van der Waals surface area contributed by atoms with E-state index in [9.17, 15) is 8.78 Å². The van der Waals surface area contributed by atoms with Crippen LogP contribution in [0.3, 0.4) is 0 Å². The zero-order chi connectivity index (χ0) is 12.3. The Kier molecular flexibility index (Phi) is 4.06. The second-order valence-electron chi connectivity index (χ2n) is 3.14. The number of halogens is 3. The second kappa shape index (κ2) is 5.55. The topological polar surface area (TPSA) is 25.8 Å². The van der Waals surface area contributed by atoms with Crippen molar-refractivity contribution in [3.05, 3.63) is 52.3 Å². The Bertz CT molecular complexity index is 522. The van der Waals surface area contributed by atoms with Gasteiger partial charge in [0, 0.05) is 23.7 Å². The molecule has 0 fully saturated rings. The van der Waals surface area contributed by atoms with Gasteiger partial charge in [-0.1, -0.05) is 11.8 Å². The number of benzene rings is 1. The molecule has 1 heterocycles. The first kappa shape index (κ1) is 12.4. The molecule has 0 bridgehead atoms. The molecule has 6 heteroatoms. The van der Waals surface area contributed by atoms with Gasteiger partial charge in [0.1, 0.15) is 11.6 Å². The molecule has 1 aromatic heterocycles. The van der Waals surface area contributed by atoms with Crippen LogP contribution >= 0.6 is 27.7 Å². The monoisotopic (exact) mass is 316 g/mol. The first-order valence-corrected chi connectivity index (χ1v) is 6.48. The van der Waals surface area contributed by atoms with E-state index in [4.69, 9.17) is 0 Å². The van der Waals surface area contributed by atoms with Crippen molar-refractivity contribution in [2.45, 2.75) is 10.9 Å². The van der Waals surface area contributed by atoms with Crippen molar-refractivity contribution in [2.24, 2.45) is 0 Å². The lowest BCUT2D eigenvalue weighted by molar-refractivity contribution is 0.562. The van der Waals surface area contributed by atoms with Crippen molar-refractivity contribution in [1.29, 1.82) is 0 Å². The molecule has 0 unspecified atom stereocenters. The van der Waals surface area contributed by atoms with Gasteiger partial charge in [0.2, 0.25) is 0 Å². The summed E-state index contributed by atoms with van der Waals surface area (Å²) in [6, 6.07) is 4.26. The Morgan fingerprint density at radius 3 is 2.59 bits per heavy atom. The molecule has 0 spiro atoms. The van der Waals surface area contributed by atoms with E-state index in [1.807, 2.05) is 0 Å². The standard InChI is InChI=1S/C11H7BrF2N2S/c12-8-2-3-9(13)7(10(8)14)6-17-11-15-4-1-5-16-11/h1-5H,6H2. The van der Waals surface area contributed by atoms with Crippen LogP contribution < -0.4 is 0 Å². The highest BCUT2D eigenvalue weighted by molar-refractivity contribution is 9.10. The van der Waals surface area contributed by atoms with Gasteiger partial charge in [0.25, 0.3) is 0 Å². The van der Waals surface area contributed by atoms with Gasteiger partial charge in [-0.2, -0.15) is 0 Å². The van der Waals surface area contributed by atoms with Crippen LogP contribution in [0.15, 0.2) is 40.2 Å². The average Bonchev–Trinajstić information content (AvgIpc) is 2.35. The summed E-state index contributed by atoms with van der Waals surface area (Å²) in [7, 11) is 0. The van der Waals surface area contributed by atoms with E-state index in [-0.39, 0.29) is 15.8 Å². The lowest BCUT2D eigenvalue weighted by Gasteiger charge is -2.05. The molecular weight excluding hydrogens is 310 g/mol. The molecule has 0 amide bonds. The highest BCUT2D eigenvalue weighted by Crippen LogP contribution is 2.27. The van der Waals surface area contributed by atoms with Crippen LogP contribution in [0.5, 0.6) is 0 Å². The lowest BCUT2D eigenvalue weighted by atomic mass is 10.2. The van der Waals surface area contributed by atoms with Gasteiger partial charge in [-0.15, -0.1) is 0 Å². The fourth-order valence-electron chi connectivity index (χ4n) is 1.20. The van der Waals surface area contributed by atoms with E-state index in [1.54, 1.807) is 18.5 Å². The van der Waals surface area contributed by atoms with Crippen molar-refractivity contribution in [1.82, 2.24) is 9.97 Å². The molecular formula is C11H7BrF2N2S. The van der Waals surface area contributed by atoms with Gasteiger partial charge < -0.3 is 0 Å². The molecule has 2 aromatic rings. The quantitative estimate of drug-likeness (QED) is 0.489. The predicted molar refractivity (Wildman–Crippen MR) is 65.7 cm³/mol. The summed E-state index contributed by atoms with van der Waals surface area (Å²) in [6.07, 6.45) is 3.17. The maximum Gasteiger partial charge on any atom is 0.187 e. The maximum absolute atomic E-state index is 13.6. The summed E-state index contributed by atoms with van der Waals surface area (Å²) in [5, 5.41) is 0.492. The minimum absolute atomic E-state index is 0.0248. The molecule has 0 radical (unpaired) electrons. The van der Waals surface area contributed by atoms with E-state index in [1.165, 1.54) is 23.9 Å². The van der Waals surface area contributed by atoms with E-state index < -0.39 is 11.6 Å². The van der Waals surface area contributed by atoms with Crippen LogP contribution in [0.1, 0.15) is 5.56 Å². The fourth-order valence-corrected chi connectivity index (χ4v) is 2.38. The van der Waals surface area contributed by atoms with Crippen LogP contribution in [0.4, 0.5) is 8.78 Å². The summed E-state index contributed by atoms with van der Waals surface area (Å²) in [5.74, 6) is -0.983. The molecule has 0 N–H and O–H groups in total. The lowest BCUT2D eigenvalue weighted by Crippen LogP contribution is -1.95. The minimum atomic E-state index is -0.576. The number of hydrogen-bond acceptors (Lipinski definition) is 3. The Morgan fingerprint density at radius 2 is 1.88 bits per heavy atom. The summed E-state index contributed by atoms with van der Waals surface area (Å²) in [5.41, 5.74) is 0.0248. The average molecular weight is 317 g/mol. The zero-order valence-electron chi connectivity index (χ0n) is 8.53. The molecule has 0 aliphatic heterocycles. The van der Waals surface area contributed by atoms with Gasteiger partial charge in [0.15, 0.2) is 5.16 Å². The SMILES string of the molecule is Fc1ccc(Br)c(F)c1CSc1ncccn1. The molecule has 0 saturated carbocycles. The molecule has 0 saturated heterocycles. The van der Waals surface area contributed by atoms with Crippen LogP contribution in [-0.4, -0.2) is 9.97 Å². The van der Waals surface area contributed by atoms with Gasteiger partial charge >= 0.3 is 0 Å². The van der Waals surface area contributed by atoms with Crippen LogP contribution in [0, 0.1) is 11.6 Å². The van der Waals surface area contributed by atoms with E-state index >= 15 is 0 Å². The number of thioether (sulfide) groups is 1. The Hall–Kier alpha value is -1.01. The highest BCUT2D eigenvalue weighted by atomic mass is 79.9. The number of aromatic nitrogens is 2. The van der Waals surface area contributed by atoms with Crippen molar-refractivity contribution in [3.63, 3.8) is 0 Å². The number of nitrogens with zero attached hydrogens (tertiary/aromatic N) is 2. The summed E-state index contributed by atoms with van der Waals surface area (Å²) in [4.78, 5) is 7.94. The molecule has 88 valence electrons. The van der Waals surface area contributed by atoms with E-state index in [0.717, 1.165) is 0 Å². The zero-order valence-corrected chi connectivity index (χ0v) is 10.9. The Morgan fingerprint density at radius 1 is 1.18 bits per heavy atom. The first-order valence-electron chi connectivity index (χ1n) is 4.70. The molecule has 0 aliphatic rings. The Labute approximate surface area is 110 Å². The smallest absolute Gasteiger partial charge is 0.187 e. The van der Waals surface area contributed by atoms with Crippen LogP contribution in [0.25, 0.3) is 0 Å². The number of rotatable bonds is 3. The van der Waals surface area contributed by atoms with Crippen LogP contribution in [-0.2, 0) is 5.75 Å². The van der Waals surface area contributed by atoms with E-state index in [0.29, 0.717) is 5.16 Å². The normalized spacial score (nSPS) is 10.5. The minimum Gasteiger partial charge on any atom is -0.231 e. The van der Waals surface area contributed by atoms with Crippen LogP contribution in [0.2, 0.25) is 0 Å². The van der Waals surface area contributed by atoms with Gasteiger partial charge in [-0.05, 0) is 34.1 Å². The van der Waals surface area contributed by atoms with Crippen molar-refractivity contribution >= 4 is 27.7 Å². The van der Waals surface area contributed by atoms with Crippen molar-refractivity contribution in [3.8, 4) is 0 Å². The van der Waals surface area contributed by atoms with Gasteiger partial charge in [-0.3, -0.25) is 0 Å². The Balaban J connectivity index is 2.17. The molecule has 17 heavy (non-hydrogen) atoms. The maximum atomic E-state index is 13.6. The van der Waals surface area contributed by atoms with Gasteiger partial charge in [-0.25, -0.2) is 18.7 Å². The molecule has 1 aromatic carbocycles. The van der Waals surface area contributed by atoms with Crippen molar-refractivity contribution < 1.29 is 8.78 Å². The third-order valence-corrected chi connectivity index (χ3v) is 3.54. The third kappa shape index (κ3) is 3.01. The molecule has 2 nitrogen and oxygen atoms in total. The molecule has 0 aliphatic carbocycles. The third-order valence-electron chi connectivity index (χ3n) is 2.03. The largest absolute Gasteiger partial charge is 0.231 e. The molecule has 2 rings (SSSR count). The van der Waals surface area contributed by atoms with E-state index in [2.05, 4.69) is 25.9 Å². The first-order chi connectivity index (χ1) is 8.18. The van der Waals surface area contributed by atoms with Crippen molar-refractivity contribution in [2.75, 3.05) is 0 Å². The fraction of sp³-hybridized carbons (Fsp3) is 0.0909. The number of hydrogen-bond donors (Lipinski definition) is 0. The highest BCUT2D eigenvalue weighted by Gasteiger charge is 2.12. The second-order valence-corrected chi connectivity index (χ2v) is 4.94. The molecule has 0 atom stereocenters. The summed E-state index contributed by atoms with van der Waals surface area (Å²) < 4.78 is 27.3. The van der Waals surface area contributed by atoms with Gasteiger partial charge in [0.05, 0.1) is 4.47 Å². The predicted octanol–water partition coefficient (Wildman–Crippen LogP) is 3.81. The summed E-state index contributed by atoms with van der Waals surface area (Å²) in [6.45, 7) is 0.